The van der Waals surface area contributed by atoms with E-state index in [1.54, 1.807) is 11.9 Å². The van der Waals surface area contributed by atoms with Crippen LogP contribution < -0.4 is 0 Å². The van der Waals surface area contributed by atoms with Gasteiger partial charge in [-0.3, -0.25) is 4.79 Å². The Bertz CT molecular complexity index is 185. The summed E-state index contributed by atoms with van der Waals surface area (Å²) in [5, 5.41) is 0.131. The first kappa shape index (κ1) is 7.49. The van der Waals surface area contributed by atoms with Gasteiger partial charge in [0.1, 0.15) is 0 Å². The third kappa shape index (κ3) is 1.45. The Kier molecular flexibility index (Phi) is 2.23. The second-order valence-electron chi connectivity index (χ2n) is 2.32. The van der Waals surface area contributed by atoms with Gasteiger partial charge in [0.05, 0.1) is 0 Å². The van der Waals surface area contributed by atoms with Gasteiger partial charge < -0.3 is 4.90 Å². The molecule has 0 spiro atoms. The Morgan fingerprint density at radius 2 is 2.60 bits per heavy atom. The lowest BCUT2D eigenvalue weighted by Gasteiger charge is -2.25. The molecule has 1 saturated heterocycles. The number of hydrogen-bond donors (Lipinski definition) is 0. The molecule has 1 rings (SSSR count). The van der Waals surface area contributed by atoms with Crippen molar-refractivity contribution < 1.29 is 4.79 Å². The van der Waals surface area contributed by atoms with Crippen LogP contribution in [0.5, 0.6) is 0 Å². The molecule has 0 aromatic rings. The molecule has 3 heteroatoms. The monoisotopic (exact) mass is 155 g/mol. The average molecular weight is 155 g/mol. The van der Waals surface area contributed by atoms with Crippen molar-refractivity contribution >= 4 is 17.0 Å². The Hall–Kier alpha value is -0.620. The fraction of sp³-hybridized carbons (Fsp3) is 0.571. The number of rotatable bonds is 0. The van der Waals surface area contributed by atoms with E-state index in [1.165, 1.54) is 11.8 Å². The second-order valence-corrected chi connectivity index (χ2v) is 3.29. The van der Waals surface area contributed by atoms with Crippen LogP contribution in [0.4, 0.5) is 4.79 Å². The molecule has 1 unspecified atom stereocenters. The first-order valence-corrected chi connectivity index (χ1v) is 4.06. The highest BCUT2D eigenvalue weighted by molar-refractivity contribution is 8.13. The van der Waals surface area contributed by atoms with E-state index in [1.807, 2.05) is 0 Å². The van der Waals surface area contributed by atoms with Gasteiger partial charge in [0.15, 0.2) is 0 Å². The first-order chi connectivity index (χ1) is 4.74. The number of carbonyl (C=O) groups excluding carboxylic acids is 1. The summed E-state index contributed by atoms with van der Waals surface area (Å²) in [6.07, 6.45) is 5.21. The highest BCUT2D eigenvalue weighted by Crippen LogP contribution is 2.19. The second kappa shape index (κ2) is 2.98. The molecule has 0 aromatic carbocycles. The zero-order chi connectivity index (χ0) is 7.56. The molecule has 1 aliphatic heterocycles. The molecule has 0 bridgehead atoms. The van der Waals surface area contributed by atoms with Gasteiger partial charge in [0.25, 0.3) is 5.24 Å². The number of thioether (sulfide) groups is 1. The van der Waals surface area contributed by atoms with Crippen LogP contribution in [0, 0.1) is 18.3 Å². The van der Waals surface area contributed by atoms with E-state index in [2.05, 4.69) is 5.92 Å². The third-order valence-corrected chi connectivity index (χ3v) is 2.58. The van der Waals surface area contributed by atoms with Gasteiger partial charge in [-0.1, -0.05) is 11.8 Å². The number of hydrogen-bond acceptors (Lipinski definition) is 2. The highest BCUT2D eigenvalue weighted by atomic mass is 32.2. The van der Waals surface area contributed by atoms with Crippen molar-refractivity contribution in [2.75, 3.05) is 19.3 Å². The standard InChI is InChI=1S/C7H9NOS/c1-3-6-4-8(2)7(9)10-5-6/h1,6H,4-5H2,2H3. The van der Waals surface area contributed by atoms with Gasteiger partial charge in [-0.15, -0.1) is 12.3 Å². The lowest BCUT2D eigenvalue weighted by atomic mass is 10.2. The van der Waals surface area contributed by atoms with Crippen LogP contribution in [0.15, 0.2) is 0 Å². The van der Waals surface area contributed by atoms with Gasteiger partial charge in [0, 0.05) is 25.3 Å². The van der Waals surface area contributed by atoms with Crippen molar-refractivity contribution in [1.82, 2.24) is 4.90 Å². The molecule has 1 atom stereocenters. The van der Waals surface area contributed by atoms with Gasteiger partial charge in [-0.05, 0) is 0 Å². The lowest BCUT2D eigenvalue weighted by Crippen LogP contribution is -2.34. The number of terminal acetylenes is 1. The van der Waals surface area contributed by atoms with Gasteiger partial charge in [0.2, 0.25) is 0 Å². The Labute approximate surface area is 65.0 Å². The molecule has 10 heavy (non-hydrogen) atoms. The van der Waals surface area contributed by atoms with Gasteiger partial charge in [-0.2, -0.15) is 0 Å². The van der Waals surface area contributed by atoms with Crippen molar-refractivity contribution in [3.05, 3.63) is 0 Å². The van der Waals surface area contributed by atoms with Gasteiger partial charge >= 0.3 is 0 Å². The maximum atomic E-state index is 10.9. The van der Waals surface area contributed by atoms with E-state index in [0.29, 0.717) is 6.54 Å². The van der Waals surface area contributed by atoms with E-state index < -0.39 is 0 Å². The molecule has 0 aliphatic carbocycles. The molecule has 54 valence electrons. The van der Waals surface area contributed by atoms with E-state index >= 15 is 0 Å². The fourth-order valence-electron chi connectivity index (χ4n) is 0.841. The SMILES string of the molecule is C#CC1CSC(=O)N(C)C1. The maximum absolute atomic E-state index is 10.9. The molecule has 0 radical (unpaired) electrons. The van der Waals surface area contributed by atoms with Crippen LogP contribution in [-0.2, 0) is 0 Å². The van der Waals surface area contributed by atoms with Crippen molar-refractivity contribution in [3.8, 4) is 12.3 Å². The summed E-state index contributed by atoms with van der Waals surface area (Å²) < 4.78 is 0. The van der Waals surface area contributed by atoms with Crippen molar-refractivity contribution in [2.24, 2.45) is 5.92 Å². The topological polar surface area (TPSA) is 20.3 Å². The Balaban J connectivity index is 2.50. The summed E-state index contributed by atoms with van der Waals surface area (Å²) in [7, 11) is 1.78. The Morgan fingerprint density at radius 3 is 3.10 bits per heavy atom. The fourth-order valence-corrected chi connectivity index (χ4v) is 1.68. The van der Waals surface area contributed by atoms with Crippen LogP contribution >= 0.6 is 11.8 Å². The summed E-state index contributed by atoms with van der Waals surface area (Å²) in [5.74, 6) is 3.66. The smallest absolute Gasteiger partial charge is 0.281 e. The molecule has 2 nitrogen and oxygen atoms in total. The predicted molar refractivity (Wildman–Crippen MR) is 42.8 cm³/mol. The summed E-state index contributed by atoms with van der Waals surface area (Å²) in [6, 6.07) is 0. The molecular formula is C7H9NOS. The molecule has 1 aliphatic rings. The molecule has 1 heterocycles. The molecule has 0 N–H and O–H groups in total. The minimum atomic E-state index is 0.131. The number of nitrogens with zero attached hydrogens (tertiary/aromatic N) is 1. The summed E-state index contributed by atoms with van der Waals surface area (Å²) in [6.45, 7) is 0.711. The zero-order valence-electron chi connectivity index (χ0n) is 5.83. The molecular weight excluding hydrogens is 146 g/mol. The zero-order valence-corrected chi connectivity index (χ0v) is 6.65. The summed E-state index contributed by atoms with van der Waals surface area (Å²) >= 11 is 1.30. The minimum Gasteiger partial charge on any atom is -0.335 e. The van der Waals surface area contributed by atoms with Crippen LogP contribution in [0.25, 0.3) is 0 Å². The molecule has 0 aromatic heterocycles. The number of amides is 1. The Morgan fingerprint density at radius 1 is 1.90 bits per heavy atom. The van der Waals surface area contributed by atoms with Gasteiger partial charge in [-0.25, -0.2) is 0 Å². The minimum absolute atomic E-state index is 0.131. The van der Waals surface area contributed by atoms with E-state index in [9.17, 15) is 4.79 Å². The van der Waals surface area contributed by atoms with Crippen LogP contribution in [0.1, 0.15) is 0 Å². The molecule has 0 saturated carbocycles. The van der Waals surface area contributed by atoms with Crippen molar-refractivity contribution in [1.29, 1.82) is 0 Å². The molecule has 1 fully saturated rings. The normalized spacial score (nSPS) is 26.2. The van der Waals surface area contributed by atoms with E-state index in [-0.39, 0.29) is 11.2 Å². The average Bonchev–Trinajstić information content (AvgIpc) is 1.95. The first-order valence-electron chi connectivity index (χ1n) is 3.08. The largest absolute Gasteiger partial charge is 0.335 e. The quantitative estimate of drug-likeness (QED) is 0.487. The van der Waals surface area contributed by atoms with Crippen molar-refractivity contribution in [3.63, 3.8) is 0 Å². The van der Waals surface area contributed by atoms with E-state index in [0.717, 1.165) is 5.75 Å². The summed E-state index contributed by atoms with van der Waals surface area (Å²) in [4.78, 5) is 12.5. The van der Waals surface area contributed by atoms with Crippen LogP contribution in [0.2, 0.25) is 0 Å². The van der Waals surface area contributed by atoms with E-state index in [4.69, 9.17) is 6.42 Å². The maximum Gasteiger partial charge on any atom is 0.281 e. The van der Waals surface area contributed by atoms with Crippen LogP contribution in [-0.4, -0.2) is 29.5 Å². The third-order valence-electron chi connectivity index (χ3n) is 1.45. The highest BCUT2D eigenvalue weighted by Gasteiger charge is 2.21. The summed E-state index contributed by atoms with van der Waals surface area (Å²) in [5.41, 5.74) is 0. The lowest BCUT2D eigenvalue weighted by molar-refractivity contribution is 0.228. The number of carbonyl (C=O) groups is 1. The van der Waals surface area contributed by atoms with Crippen molar-refractivity contribution in [2.45, 2.75) is 0 Å². The predicted octanol–water partition coefficient (Wildman–Crippen LogP) is 1.03. The molecule has 1 amide bonds. The van der Waals surface area contributed by atoms with Crippen LogP contribution in [0.3, 0.4) is 0 Å².